The minimum Gasteiger partial charge on any atom is -0.441 e. The minimum atomic E-state index is -0.699. The predicted molar refractivity (Wildman–Crippen MR) is 111 cm³/mol. The van der Waals surface area contributed by atoms with Crippen molar-refractivity contribution in [3.8, 4) is 11.5 Å². The monoisotopic (exact) mass is 442 g/mol. The summed E-state index contributed by atoms with van der Waals surface area (Å²) in [6, 6.07) is 3.63. The van der Waals surface area contributed by atoms with Gasteiger partial charge in [-0.3, -0.25) is 9.48 Å². The molecule has 4 heterocycles. The van der Waals surface area contributed by atoms with Crippen LogP contribution in [0.1, 0.15) is 47.6 Å². The second-order valence-corrected chi connectivity index (χ2v) is 8.33. The molecule has 1 saturated heterocycles. The van der Waals surface area contributed by atoms with Crippen LogP contribution in [0.4, 0.5) is 8.78 Å². The van der Waals surface area contributed by atoms with Crippen molar-refractivity contribution in [2.45, 2.75) is 51.2 Å². The molecule has 0 aliphatic carbocycles. The first-order valence-electron chi connectivity index (χ1n) is 10.9. The summed E-state index contributed by atoms with van der Waals surface area (Å²) in [4.78, 5) is 18.9. The summed E-state index contributed by atoms with van der Waals surface area (Å²) in [5, 5.41) is 11.7. The van der Waals surface area contributed by atoms with Crippen LogP contribution in [-0.4, -0.2) is 49.9 Å². The third-order valence-corrected chi connectivity index (χ3v) is 6.00. The number of carbonyl (C=O) groups is 1. The molecule has 0 spiro atoms. The first kappa shape index (κ1) is 20.7. The summed E-state index contributed by atoms with van der Waals surface area (Å²) < 4.78 is 34.5. The topological polar surface area (TPSA) is 89.1 Å². The van der Waals surface area contributed by atoms with E-state index in [1.165, 1.54) is 31.4 Å². The van der Waals surface area contributed by atoms with E-state index in [1.807, 2.05) is 0 Å². The van der Waals surface area contributed by atoms with E-state index in [0.717, 1.165) is 19.0 Å². The van der Waals surface area contributed by atoms with Crippen LogP contribution < -0.4 is 5.32 Å². The van der Waals surface area contributed by atoms with Gasteiger partial charge in [0.25, 0.3) is 5.91 Å². The van der Waals surface area contributed by atoms with Gasteiger partial charge < -0.3 is 14.6 Å². The van der Waals surface area contributed by atoms with Crippen LogP contribution in [0.3, 0.4) is 0 Å². The van der Waals surface area contributed by atoms with Gasteiger partial charge in [-0.05, 0) is 37.9 Å². The number of nitrogens with zero attached hydrogens (tertiary/aromatic N) is 5. The summed E-state index contributed by atoms with van der Waals surface area (Å²) >= 11 is 0. The second kappa shape index (κ2) is 8.78. The number of benzene rings is 1. The van der Waals surface area contributed by atoms with E-state index in [0.29, 0.717) is 42.7 Å². The van der Waals surface area contributed by atoms with Crippen LogP contribution in [0.25, 0.3) is 11.5 Å². The maximum absolute atomic E-state index is 13.5. The number of amides is 1. The average molecular weight is 442 g/mol. The molecule has 8 nitrogen and oxygen atoms in total. The van der Waals surface area contributed by atoms with Crippen molar-refractivity contribution in [3.63, 3.8) is 0 Å². The molecular weight excluding hydrogens is 418 g/mol. The third kappa shape index (κ3) is 4.40. The van der Waals surface area contributed by atoms with Crippen LogP contribution in [0.5, 0.6) is 0 Å². The molecule has 1 atom stereocenters. The number of rotatable bonds is 5. The molecule has 3 aromatic rings. The molecule has 0 saturated carbocycles. The van der Waals surface area contributed by atoms with Gasteiger partial charge in [0.1, 0.15) is 23.1 Å². The van der Waals surface area contributed by atoms with Gasteiger partial charge in [0.05, 0.1) is 12.7 Å². The zero-order valence-corrected chi connectivity index (χ0v) is 17.6. The zero-order chi connectivity index (χ0) is 22.1. The van der Waals surface area contributed by atoms with Crippen LogP contribution in [0, 0.1) is 11.6 Å². The normalized spacial score (nSPS) is 18.6. The highest BCUT2D eigenvalue weighted by atomic mass is 19.1. The Balaban J connectivity index is 1.24. The number of oxazole rings is 1. The Morgan fingerprint density at radius 2 is 2.06 bits per heavy atom. The molecule has 5 rings (SSSR count). The molecule has 1 amide bonds. The lowest BCUT2D eigenvalue weighted by Crippen LogP contribution is -2.36. The number of aryl methyl sites for hydroxylation is 1. The van der Waals surface area contributed by atoms with Gasteiger partial charge in [-0.15, -0.1) is 5.10 Å². The van der Waals surface area contributed by atoms with Gasteiger partial charge >= 0.3 is 0 Å². The molecule has 0 radical (unpaired) electrons. The van der Waals surface area contributed by atoms with E-state index < -0.39 is 11.6 Å². The summed E-state index contributed by atoms with van der Waals surface area (Å²) in [5.74, 6) is -0.855. The lowest BCUT2D eigenvalue weighted by molar-refractivity contribution is 0.0722. The highest BCUT2D eigenvalue weighted by Crippen LogP contribution is 2.27. The smallest absolute Gasteiger partial charge is 0.276 e. The van der Waals surface area contributed by atoms with Crippen molar-refractivity contribution in [2.24, 2.45) is 0 Å². The quantitative estimate of drug-likeness (QED) is 0.654. The summed E-state index contributed by atoms with van der Waals surface area (Å²) in [5.41, 5.74) is 1.10. The van der Waals surface area contributed by atoms with Crippen LogP contribution in [0.2, 0.25) is 0 Å². The Morgan fingerprint density at radius 1 is 1.22 bits per heavy atom. The van der Waals surface area contributed by atoms with E-state index in [2.05, 4.69) is 20.6 Å². The molecule has 1 unspecified atom stereocenters. The van der Waals surface area contributed by atoms with Crippen molar-refractivity contribution in [1.82, 2.24) is 30.2 Å². The molecule has 2 aliphatic heterocycles. The Labute approximate surface area is 183 Å². The van der Waals surface area contributed by atoms with Crippen molar-refractivity contribution in [2.75, 3.05) is 13.1 Å². The second-order valence-electron chi connectivity index (χ2n) is 8.33. The summed E-state index contributed by atoms with van der Waals surface area (Å²) in [7, 11) is 0. The number of nitrogens with one attached hydrogen (secondary N) is 1. The Morgan fingerprint density at radius 3 is 2.84 bits per heavy atom. The van der Waals surface area contributed by atoms with Crippen molar-refractivity contribution < 1.29 is 18.0 Å². The Kier molecular flexibility index (Phi) is 5.69. The summed E-state index contributed by atoms with van der Waals surface area (Å²) in [6.45, 7) is 2.45. The van der Waals surface area contributed by atoms with E-state index >= 15 is 0 Å². The zero-order valence-electron chi connectivity index (χ0n) is 17.6. The van der Waals surface area contributed by atoms with E-state index in [4.69, 9.17) is 4.42 Å². The van der Waals surface area contributed by atoms with E-state index in [-0.39, 0.29) is 23.9 Å². The number of fused-ring (bicyclic) bond motifs is 1. The SMILES string of the molecule is O=C(c1cn(CCC2CCCCN2)nn1)N1CCc2oc(-c3cc(F)cc(F)c3)nc2C1. The van der Waals surface area contributed by atoms with Crippen LogP contribution in [-0.2, 0) is 19.5 Å². The molecule has 1 N–H and O–H groups in total. The predicted octanol–water partition coefficient (Wildman–Crippen LogP) is 2.94. The molecule has 10 heteroatoms. The molecule has 0 bridgehead atoms. The van der Waals surface area contributed by atoms with Gasteiger partial charge in [0.2, 0.25) is 5.89 Å². The van der Waals surface area contributed by atoms with Crippen molar-refractivity contribution in [1.29, 1.82) is 0 Å². The van der Waals surface area contributed by atoms with Gasteiger partial charge in [-0.25, -0.2) is 13.8 Å². The molecule has 2 aliphatic rings. The van der Waals surface area contributed by atoms with Gasteiger partial charge in [-0.2, -0.15) is 0 Å². The molecule has 2 aromatic heterocycles. The fourth-order valence-electron chi connectivity index (χ4n) is 4.30. The average Bonchev–Trinajstić information content (AvgIpc) is 3.44. The standard InChI is InChI=1S/C22H24F2N6O2/c23-15-9-14(10-16(24)11-15)21-26-18-12-29(7-5-20(18)32-21)22(31)19-13-30(28-27-19)8-4-17-3-1-2-6-25-17/h9-11,13,17,25H,1-8,12H2. The number of piperidine rings is 1. The minimum absolute atomic E-state index is 0.143. The molecular formula is C22H24F2N6O2. The third-order valence-electron chi connectivity index (χ3n) is 6.00. The number of aromatic nitrogens is 4. The Bertz CT molecular complexity index is 1100. The van der Waals surface area contributed by atoms with Crippen molar-refractivity contribution >= 4 is 5.91 Å². The lowest BCUT2D eigenvalue weighted by atomic mass is 10.0. The Hall–Kier alpha value is -3.14. The summed E-state index contributed by atoms with van der Waals surface area (Å²) in [6.07, 6.45) is 6.73. The van der Waals surface area contributed by atoms with Crippen LogP contribution >= 0.6 is 0 Å². The van der Waals surface area contributed by atoms with E-state index in [9.17, 15) is 13.6 Å². The fraction of sp³-hybridized carbons (Fsp3) is 0.455. The van der Waals surface area contributed by atoms with E-state index in [1.54, 1.807) is 15.8 Å². The largest absolute Gasteiger partial charge is 0.441 e. The molecule has 168 valence electrons. The highest BCUT2D eigenvalue weighted by Gasteiger charge is 2.28. The number of hydrogen-bond donors (Lipinski definition) is 1. The number of halogens is 2. The van der Waals surface area contributed by atoms with Crippen LogP contribution in [0.15, 0.2) is 28.8 Å². The van der Waals surface area contributed by atoms with Gasteiger partial charge in [0.15, 0.2) is 5.69 Å². The highest BCUT2D eigenvalue weighted by molar-refractivity contribution is 5.92. The van der Waals surface area contributed by atoms with Crippen molar-refractivity contribution in [3.05, 3.63) is 53.2 Å². The number of hydrogen-bond acceptors (Lipinski definition) is 6. The fourth-order valence-corrected chi connectivity index (χ4v) is 4.30. The molecule has 1 fully saturated rings. The maximum Gasteiger partial charge on any atom is 0.276 e. The molecule has 1 aromatic carbocycles. The van der Waals surface area contributed by atoms with Gasteiger partial charge in [0, 0.05) is 37.2 Å². The lowest BCUT2D eigenvalue weighted by Gasteiger charge is -2.24. The van der Waals surface area contributed by atoms with Gasteiger partial charge in [-0.1, -0.05) is 11.6 Å². The molecule has 32 heavy (non-hydrogen) atoms. The number of carbonyl (C=O) groups excluding carboxylic acids is 1. The first-order valence-corrected chi connectivity index (χ1v) is 10.9. The maximum atomic E-state index is 13.5. The first-order chi connectivity index (χ1) is 15.5.